The van der Waals surface area contributed by atoms with Crippen LogP contribution >= 0.6 is 0 Å². The van der Waals surface area contributed by atoms with E-state index in [0.717, 1.165) is 24.2 Å². The highest BCUT2D eigenvalue weighted by Gasteiger charge is 2.18. The Hall–Kier alpha value is -3.87. The number of carbonyl (C=O) groups excluding carboxylic acids is 2. The Balaban J connectivity index is 1.42. The zero-order valence-electron chi connectivity index (χ0n) is 17.6. The summed E-state index contributed by atoms with van der Waals surface area (Å²) < 4.78 is 5.94. The van der Waals surface area contributed by atoms with Crippen LogP contribution in [-0.2, 0) is 6.54 Å². The van der Waals surface area contributed by atoms with E-state index in [1.54, 1.807) is 42.7 Å². The second-order valence-electron chi connectivity index (χ2n) is 7.78. The van der Waals surface area contributed by atoms with E-state index in [-0.39, 0.29) is 29.9 Å². The standard InChI is InChI=1S/C25H25N3O4/c29-19-9-12-23(22(14-19)25(31)27-16-17-4-3-13-26-15-17)28-24(30)18-7-10-21(11-8-18)32-20-5-1-2-6-20/h3-4,7-15,20,29H,1-2,5-6,16H2,(H,27,31)(H,28,30). The molecule has 2 amide bonds. The highest BCUT2D eigenvalue weighted by atomic mass is 16.5. The predicted octanol–water partition coefficient (Wildman–Crippen LogP) is 4.29. The molecule has 1 fully saturated rings. The molecule has 0 saturated heterocycles. The lowest BCUT2D eigenvalue weighted by Gasteiger charge is -2.14. The molecule has 0 spiro atoms. The van der Waals surface area contributed by atoms with Crippen molar-refractivity contribution in [2.45, 2.75) is 38.3 Å². The third-order valence-corrected chi connectivity index (χ3v) is 5.39. The second-order valence-corrected chi connectivity index (χ2v) is 7.78. The first-order valence-electron chi connectivity index (χ1n) is 10.7. The number of benzene rings is 2. The van der Waals surface area contributed by atoms with Crippen LogP contribution in [0.15, 0.2) is 67.0 Å². The van der Waals surface area contributed by atoms with Gasteiger partial charge in [-0.2, -0.15) is 0 Å². The summed E-state index contributed by atoms with van der Waals surface area (Å²) in [7, 11) is 0. The van der Waals surface area contributed by atoms with Crippen LogP contribution < -0.4 is 15.4 Å². The molecule has 0 bridgehead atoms. The van der Waals surface area contributed by atoms with Gasteiger partial charge in [0, 0.05) is 24.5 Å². The number of carbonyl (C=O) groups is 2. The smallest absolute Gasteiger partial charge is 0.255 e. The number of phenols is 1. The van der Waals surface area contributed by atoms with Gasteiger partial charge in [-0.3, -0.25) is 14.6 Å². The second kappa shape index (κ2) is 9.96. The molecule has 7 nitrogen and oxygen atoms in total. The van der Waals surface area contributed by atoms with E-state index in [0.29, 0.717) is 11.3 Å². The fraction of sp³-hybridized carbons (Fsp3) is 0.240. The number of nitrogens with one attached hydrogen (secondary N) is 2. The van der Waals surface area contributed by atoms with E-state index < -0.39 is 5.91 Å². The molecule has 32 heavy (non-hydrogen) atoms. The minimum Gasteiger partial charge on any atom is -0.508 e. The maximum absolute atomic E-state index is 12.8. The lowest BCUT2D eigenvalue weighted by atomic mass is 10.1. The monoisotopic (exact) mass is 431 g/mol. The summed E-state index contributed by atoms with van der Waals surface area (Å²) in [5.74, 6) is -0.0960. The molecule has 0 unspecified atom stereocenters. The number of aromatic hydroxyl groups is 1. The lowest BCUT2D eigenvalue weighted by Crippen LogP contribution is -2.25. The molecular formula is C25H25N3O4. The molecule has 0 atom stereocenters. The van der Waals surface area contributed by atoms with Crippen molar-refractivity contribution in [3.63, 3.8) is 0 Å². The van der Waals surface area contributed by atoms with Crippen molar-refractivity contribution >= 4 is 17.5 Å². The Morgan fingerprint density at radius 1 is 1.03 bits per heavy atom. The van der Waals surface area contributed by atoms with Crippen molar-refractivity contribution in [2.24, 2.45) is 0 Å². The number of aromatic nitrogens is 1. The maximum Gasteiger partial charge on any atom is 0.255 e. The first-order valence-corrected chi connectivity index (χ1v) is 10.7. The molecule has 1 saturated carbocycles. The van der Waals surface area contributed by atoms with Gasteiger partial charge in [-0.05, 0) is 79.8 Å². The van der Waals surface area contributed by atoms with Crippen molar-refractivity contribution in [1.29, 1.82) is 0 Å². The molecule has 164 valence electrons. The quantitative estimate of drug-likeness (QED) is 0.485. The Kier molecular flexibility index (Phi) is 6.65. The molecule has 1 aliphatic rings. The summed E-state index contributed by atoms with van der Waals surface area (Å²) in [6.07, 6.45) is 8.07. The van der Waals surface area contributed by atoms with E-state index in [9.17, 15) is 14.7 Å². The topological polar surface area (TPSA) is 101 Å². The number of amides is 2. The number of anilines is 1. The van der Waals surface area contributed by atoms with Gasteiger partial charge in [0.1, 0.15) is 11.5 Å². The van der Waals surface area contributed by atoms with Crippen molar-refractivity contribution in [3.05, 3.63) is 83.7 Å². The van der Waals surface area contributed by atoms with Crippen molar-refractivity contribution < 1.29 is 19.4 Å². The molecule has 2 aromatic carbocycles. The molecule has 3 N–H and O–H groups in total. The Morgan fingerprint density at radius 3 is 2.53 bits per heavy atom. The van der Waals surface area contributed by atoms with Crippen LogP contribution in [0.2, 0.25) is 0 Å². The molecule has 1 aromatic heterocycles. The normalized spacial score (nSPS) is 13.5. The van der Waals surface area contributed by atoms with Gasteiger partial charge in [-0.1, -0.05) is 6.07 Å². The summed E-state index contributed by atoms with van der Waals surface area (Å²) in [5.41, 5.74) is 1.76. The zero-order chi connectivity index (χ0) is 22.3. The zero-order valence-corrected chi connectivity index (χ0v) is 17.6. The third kappa shape index (κ3) is 5.43. The van der Waals surface area contributed by atoms with Crippen LogP contribution in [0.5, 0.6) is 11.5 Å². The first kappa shape index (κ1) is 21.4. The van der Waals surface area contributed by atoms with Crippen LogP contribution in [0.3, 0.4) is 0 Å². The van der Waals surface area contributed by atoms with Gasteiger partial charge in [0.05, 0.1) is 17.4 Å². The van der Waals surface area contributed by atoms with E-state index in [4.69, 9.17) is 4.74 Å². The first-order chi connectivity index (χ1) is 15.6. The fourth-order valence-electron chi connectivity index (χ4n) is 3.69. The van der Waals surface area contributed by atoms with Crippen molar-refractivity contribution in [3.8, 4) is 11.5 Å². The van der Waals surface area contributed by atoms with Crippen LogP contribution in [0.25, 0.3) is 0 Å². The largest absolute Gasteiger partial charge is 0.508 e. The summed E-state index contributed by atoms with van der Waals surface area (Å²) in [5, 5.41) is 15.4. The van der Waals surface area contributed by atoms with Crippen LogP contribution in [-0.4, -0.2) is 28.0 Å². The van der Waals surface area contributed by atoms with Gasteiger partial charge < -0.3 is 20.5 Å². The van der Waals surface area contributed by atoms with Gasteiger partial charge in [-0.25, -0.2) is 0 Å². The van der Waals surface area contributed by atoms with Gasteiger partial charge >= 0.3 is 0 Å². The molecule has 3 aromatic rings. The Morgan fingerprint density at radius 2 is 1.81 bits per heavy atom. The van der Waals surface area contributed by atoms with Gasteiger partial charge in [-0.15, -0.1) is 0 Å². The molecular weight excluding hydrogens is 406 g/mol. The molecule has 0 aliphatic heterocycles. The minimum absolute atomic E-state index is 0.0667. The molecule has 4 rings (SSSR count). The number of phenolic OH excluding ortho intramolecular Hbond substituents is 1. The Labute approximate surface area is 186 Å². The Bertz CT molecular complexity index is 1080. The number of ether oxygens (including phenoxy) is 1. The number of nitrogens with zero attached hydrogens (tertiary/aromatic N) is 1. The summed E-state index contributed by atoms with van der Waals surface area (Å²) >= 11 is 0. The lowest BCUT2D eigenvalue weighted by molar-refractivity contribution is 0.0951. The van der Waals surface area contributed by atoms with Crippen molar-refractivity contribution in [2.75, 3.05) is 5.32 Å². The number of hydrogen-bond acceptors (Lipinski definition) is 5. The highest BCUT2D eigenvalue weighted by molar-refractivity contribution is 6.09. The number of pyridine rings is 1. The third-order valence-electron chi connectivity index (χ3n) is 5.39. The average Bonchev–Trinajstić information content (AvgIpc) is 3.33. The molecule has 7 heteroatoms. The predicted molar refractivity (Wildman–Crippen MR) is 121 cm³/mol. The van der Waals surface area contributed by atoms with Crippen LogP contribution in [0, 0.1) is 0 Å². The molecule has 0 radical (unpaired) electrons. The molecule has 1 aliphatic carbocycles. The van der Waals surface area contributed by atoms with E-state index in [1.807, 2.05) is 6.07 Å². The summed E-state index contributed by atoms with van der Waals surface area (Å²) in [6.45, 7) is 0.276. The average molecular weight is 431 g/mol. The van der Waals surface area contributed by atoms with E-state index in [1.165, 1.54) is 31.0 Å². The number of hydrogen-bond donors (Lipinski definition) is 3. The SMILES string of the molecule is O=C(Nc1ccc(O)cc1C(=O)NCc1cccnc1)c1ccc(OC2CCCC2)cc1. The van der Waals surface area contributed by atoms with Crippen LogP contribution in [0.4, 0.5) is 5.69 Å². The maximum atomic E-state index is 12.8. The van der Waals surface area contributed by atoms with Gasteiger partial charge in [0.2, 0.25) is 0 Å². The highest BCUT2D eigenvalue weighted by Crippen LogP contribution is 2.25. The summed E-state index contributed by atoms with van der Waals surface area (Å²) in [6, 6.07) is 14.8. The minimum atomic E-state index is -0.416. The van der Waals surface area contributed by atoms with Crippen LogP contribution in [0.1, 0.15) is 52.0 Å². The van der Waals surface area contributed by atoms with Gasteiger partial charge in [0.15, 0.2) is 0 Å². The van der Waals surface area contributed by atoms with E-state index >= 15 is 0 Å². The van der Waals surface area contributed by atoms with Crippen molar-refractivity contribution in [1.82, 2.24) is 10.3 Å². The van der Waals surface area contributed by atoms with E-state index in [2.05, 4.69) is 15.6 Å². The molecule has 1 heterocycles. The summed E-state index contributed by atoms with van der Waals surface area (Å²) in [4.78, 5) is 29.5. The fourth-order valence-corrected chi connectivity index (χ4v) is 3.69. The number of rotatable bonds is 7. The van der Waals surface area contributed by atoms with Gasteiger partial charge in [0.25, 0.3) is 11.8 Å².